The zero-order chi connectivity index (χ0) is 20.3. The third-order valence-electron chi connectivity index (χ3n) is 9.49. The third-order valence-corrected chi connectivity index (χ3v) is 9.49. The maximum atomic E-state index is 11.3. The van der Waals surface area contributed by atoms with Crippen molar-refractivity contribution >= 4 is 5.97 Å². The summed E-state index contributed by atoms with van der Waals surface area (Å²) in [5.74, 6) is 2.66. The van der Waals surface area contributed by atoms with Gasteiger partial charge >= 0.3 is 5.97 Å². The molecule has 2 N–H and O–H groups in total. The Morgan fingerprint density at radius 1 is 1.25 bits per heavy atom. The Labute approximate surface area is 169 Å². The lowest BCUT2D eigenvalue weighted by Crippen LogP contribution is -2.55. The largest absolute Gasteiger partial charge is 0.466 e. The van der Waals surface area contributed by atoms with Gasteiger partial charge in [0.05, 0.1) is 18.8 Å². The molecule has 158 valence electrons. The fraction of sp³-hybridized carbons (Fsp3) is 0.875. The van der Waals surface area contributed by atoms with E-state index in [1.54, 1.807) is 0 Å². The highest BCUT2D eigenvalue weighted by molar-refractivity contribution is 5.65. The fourth-order valence-corrected chi connectivity index (χ4v) is 8.04. The molecule has 0 amide bonds. The second-order valence-electron chi connectivity index (χ2n) is 10.7. The SMILES string of the molecule is CC(=O)OC[C@@H](C)[C@H]1CC[C@H]2[C@@H]3CC=C4C[C@@H](O)C[C@H](O)[C@]4(C)[C@H]3CC[C@]12C. The number of hydrogen-bond donors (Lipinski definition) is 2. The summed E-state index contributed by atoms with van der Waals surface area (Å²) in [7, 11) is 0. The topological polar surface area (TPSA) is 66.8 Å². The van der Waals surface area contributed by atoms with Crippen LogP contribution in [0, 0.1) is 40.4 Å². The predicted molar refractivity (Wildman–Crippen MR) is 108 cm³/mol. The van der Waals surface area contributed by atoms with Gasteiger partial charge in [0.25, 0.3) is 0 Å². The average Bonchev–Trinajstić information content (AvgIpc) is 2.98. The molecule has 0 aliphatic heterocycles. The molecular formula is C24H38O4. The molecule has 9 atom stereocenters. The summed E-state index contributed by atoms with van der Waals surface area (Å²) < 4.78 is 5.35. The van der Waals surface area contributed by atoms with E-state index >= 15 is 0 Å². The van der Waals surface area contributed by atoms with E-state index in [0.29, 0.717) is 48.0 Å². The number of allylic oxidation sites excluding steroid dienone is 1. The van der Waals surface area contributed by atoms with Crippen LogP contribution < -0.4 is 0 Å². The van der Waals surface area contributed by atoms with Crippen LogP contribution in [0.15, 0.2) is 11.6 Å². The summed E-state index contributed by atoms with van der Waals surface area (Å²) >= 11 is 0. The molecule has 4 aliphatic carbocycles. The maximum absolute atomic E-state index is 11.3. The first kappa shape index (κ1) is 20.4. The van der Waals surface area contributed by atoms with Crippen LogP contribution in [0.3, 0.4) is 0 Å². The third kappa shape index (κ3) is 2.98. The van der Waals surface area contributed by atoms with Crippen LogP contribution in [0.4, 0.5) is 0 Å². The summed E-state index contributed by atoms with van der Waals surface area (Å²) in [6, 6.07) is 0. The molecule has 0 unspecified atom stereocenters. The van der Waals surface area contributed by atoms with Gasteiger partial charge < -0.3 is 14.9 Å². The van der Waals surface area contributed by atoms with Crippen molar-refractivity contribution in [2.24, 2.45) is 40.4 Å². The number of aliphatic hydroxyl groups excluding tert-OH is 2. The summed E-state index contributed by atoms with van der Waals surface area (Å²) in [5, 5.41) is 21.2. The van der Waals surface area contributed by atoms with Crippen LogP contribution in [-0.2, 0) is 9.53 Å². The molecule has 0 aromatic heterocycles. The molecule has 3 fully saturated rings. The Morgan fingerprint density at radius 2 is 2.00 bits per heavy atom. The van der Waals surface area contributed by atoms with Crippen molar-refractivity contribution in [3.8, 4) is 0 Å². The first-order valence-corrected chi connectivity index (χ1v) is 11.4. The van der Waals surface area contributed by atoms with Gasteiger partial charge in [-0.3, -0.25) is 4.79 Å². The molecule has 3 saturated carbocycles. The van der Waals surface area contributed by atoms with Crippen molar-refractivity contribution in [1.29, 1.82) is 0 Å². The van der Waals surface area contributed by atoms with Crippen molar-refractivity contribution in [3.63, 3.8) is 0 Å². The van der Waals surface area contributed by atoms with Crippen molar-refractivity contribution in [1.82, 2.24) is 0 Å². The summed E-state index contributed by atoms with van der Waals surface area (Å²) in [6.45, 7) is 9.04. The Bertz CT molecular complexity index is 657. The number of carbonyl (C=O) groups excluding carboxylic acids is 1. The van der Waals surface area contributed by atoms with Gasteiger partial charge in [0.15, 0.2) is 0 Å². The molecule has 0 radical (unpaired) electrons. The lowest BCUT2D eigenvalue weighted by Gasteiger charge is -2.59. The van der Waals surface area contributed by atoms with Crippen molar-refractivity contribution in [2.45, 2.75) is 84.8 Å². The Kier molecular flexibility index (Phi) is 5.19. The molecule has 28 heavy (non-hydrogen) atoms. The lowest BCUT2D eigenvalue weighted by atomic mass is 9.46. The molecule has 4 aliphatic rings. The van der Waals surface area contributed by atoms with Gasteiger partial charge in [0.2, 0.25) is 0 Å². The highest BCUT2D eigenvalue weighted by atomic mass is 16.5. The maximum Gasteiger partial charge on any atom is 0.302 e. The van der Waals surface area contributed by atoms with Crippen LogP contribution in [0.1, 0.15) is 72.6 Å². The van der Waals surface area contributed by atoms with Crippen molar-refractivity contribution in [3.05, 3.63) is 11.6 Å². The fourth-order valence-electron chi connectivity index (χ4n) is 8.04. The first-order valence-electron chi connectivity index (χ1n) is 11.4. The van der Waals surface area contributed by atoms with Crippen molar-refractivity contribution in [2.75, 3.05) is 6.61 Å². The Hall–Kier alpha value is -0.870. The monoisotopic (exact) mass is 390 g/mol. The van der Waals surface area contributed by atoms with E-state index in [1.165, 1.54) is 31.8 Å². The molecule has 0 aromatic carbocycles. The normalized spacial score (nSPS) is 48.7. The minimum atomic E-state index is -0.431. The van der Waals surface area contributed by atoms with E-state index in [4.69, 9.17) is 4.74 Å². The average molecular weight is 391 g/mol. The van der Waals surface area contributed by atoms with Gasteiger partial charge in [-0.2, -0.15) is 0 Å². The quantitative estimate of drug-likeness (QED) is 0.562. The number of aliphatic hydroxyl groups is 2. The number of carbonyl (C=O) groups is 1. The van der Waals surface area contributed by atoms with Gasteiger partial charge in [-0.1, -0.05) is 32.4 Å². The first-order chi connectivity index (χ1) is 13.2. The highest BCUT2D eigenvalue weighted by Crippen LogP contribution is 2.67. The van der Waals surface area contributed by atoms with Crippen LogP contribution in [0.25, 0.3) is 0 Å². The van der Waals surface area contributed by atoms with E-state index in [9.17, 15) is 15.0 Å². The van der Waals surface area contributed by atoms with Gasteiger partial charge in [0, 0.05) is 18.8 Å². The second-order valence-corrected chi connectivity index (χ2v) is 10.7. The highest BCUT2D eigenvalue weighted by Gasteiger charge is 2.60. The van der Waals surface area contributed by atoms with E-state index in [1.807, 2.05) is 0 Å². The van der Waals surface area contributed by atoms with Gasteiger partial charge in [-0.15, -0.1) is 0 Å². The van der Waals surface area contributed by atoms with Crippen LogP contribution >= 0.6 is 0 Å². The standard InChI is InChI=1S/C24H38O4/c1-14(13-28-15(2)25)19-7-8-20-18-6-5-16-11-17(26)12-22(27)24(16,4)21(18)9-10-23(19,20)3/h5,14,17-22,26-27H,6-13H2,1-4H3/t14-,17-,18+,19-,20+,21+,22+,23-,24+/m1/s1. The zero-order valence-electron chi connectivity index (χ0n) is 18.0. The molecule has 0 spiro atoms. The number of rotatable bonds is 3. The summed E-state index contributed by atoms with van der Waals surface area (Å²) in [6.07, 6.45) is 8.74. The molecule has 0 heterocycles. The predicted octanol–water partition coefficient (Wildman–Crippen LogP) is 4.10. The molecule has 4 nitrogen and oxygen atoms in total. The number of ether oxygens (including phenoxy) is 1. The van der Waals surface area contributed by atoms with E-state index in [2.05, 4.69) is 26.8 Å². The number of hydrogen-bond acceptors (Lipinski definition) is 4. The minimum Gasteiger partial charge on any atom is -0.466 e. The molecular weight excluding hydrogens is 352 g/mol. The van der Waals surface area contributed by atoms with Crippen LogP contribution in [-0.4, -0.2) is 35.0 Å². The van der Waals surface area contributed by atoms with Gasteiger partial charge in [-0.25, -0.2) is 0 Å². The molecule has 4 rings (SSSR count). The summed E-state index contributed by atoms with van der Waals surface area (Å²) in [5.41, 5.74) is 1.45. The lowest BCUT2D eigenvalue weighted by molar-refractivity contribution is -0.144. The van der Waals surface area contributed by atoms with Crippen LogP contribution in [0.5, 0.6) is 0 Å². The molecule has 0 aromatic rings. The van der Waals surface area contributed by atoms with E-state index in [0.717, 1.165) is 19.3 Å². The zero-order valence-corrected chi connectivity index (χ0v) is 18.0. The molecule has 4 heteroatoms. The smallest absolute Gasteiger partial charge is 0.302 e. The van der Waals surface area contributed by atoms with Gasteiger partial charge in [-0.05, 0) is 73.5 Å². The second kappa shape index (κ2) is 7.12. The Balaban J connectivity index is 1.57. The molecule has 0 bridgehead atoms. The summed E-state index contributed by atoms with van der Waals surface area (Å²) in [4.78, 5) is 11.3. The van der Waals surface area contributed by atoms with Gasteiger partial charge in [0.1, 0.15) is 0 Å². The van der Waals surface area contributed by atoms with E-state index in [-0.39, 0.29) is 11.4 Å². The number of esters is 1. The van der Waals surface area contributed by atoms with Crippen LogP contribution in [0.2, 0.25) is 0 Å². The van der Waals surface area contributed by atoms with E-state index < -0.39 is 12.2 Å². The Morgan fingerprint density at radius 3 is 2.71 bits per heavy atom. The molecule has 0 saturated heterocycles. The van der Waals surface area contributed by atoms with Crippen molar-refractivity contribution < 1.29 is 19.7 Å². The number of fused-ring (bicyclic) bond motifs is 5. The minimum absolute atomic E-state index is 0.162.